The molecule has 0 bridgehead atoms. The van der Waals surface area contributed by atoms with Gasteiger partial charge < -0.3 is 26.0 Å². The molecule has 0 saturated carbocycles. The minimum Gasteiger partial charge on any atom is -0.452 e. The van der Waals surface area contributed by atoms with Crippen LogP contribution in [0, 0.1) is 17.6 Å². The van der Waals surface area contributed by atoms with Crippen molar-refractivity contribution in [3.63, 3.8) is 0 Å². The Kier molecular flexibility index (Phi) is 8.25. The minimum atomic E-state index is -1.04. The highest BCUT2D eigenvalue weighted by molar-refractivity contribution is 6.13. The van der Waals surface area contributed by atoms with Gasteiger partial charge in [-0.3, -0.25) is 19.5 Å². The van der Waals surface area contributed by atoms with Gasteiger partial charge in [0.1, 0.15) is 17.4 Å². The van der Waals surface area contributed by atoms with E-state index < -0.39 is 29.4 Å². The van der Waals surface area contributed by atoms with Crippen molar-refractivity contribution >= 4 is 35.0 Å². The molecule has 1 aromatic heterocycles. The number of carbonyl (C=O) groups is 2. The van der Waals surface area contributed by atoms with E-state index in [1.807, 2.05) is 0 Å². The van der Waals surface area contributed by atoms with Gasteiger partial charge in [-0.2, -0.15) is 0 Å². The number of piperazine rings is 1. The Morgan fingerprint density at radius 1 is 1.10 bits per heavy atom. The second-order valence-electron chi connectivity index (χ2n) is 9.69. The van der Waals surface area contributed by atoms with Gasteiger partial charge in [0.25, 0.3) is 0 Å². The summed E-state index contributed by atoms with van der Waals surface area (Å²) in [4.78, 5) is 34.2. The van der Waals surface area contributed by atoms with Gasteiger partial charge in [0.05, 0.1) is 11.9 Å². The van der Waals surface area contributed by atoms with Crippen LogP contribution in [0.2, 0.25) is 0 Å². The summed E-state index contributed by atoms with van der Waals surface area (Å²) in [5, 5.41) is 5.93. The molecule has 2 amide bonds. The molecule has 9 nitrogen and oxygen atoms in total. The first-order chi connectivity index (χ1) is 19.8. The van der Waals surface area contributed by atoms with E-state index in [9.17, 15) is 14.0 Å². The third kappa shape index (κ3) is 6.20. The second-order valence-corrected chi connectivity index (χ2v) is 9.69. The summed E-state index contributed by atoms with van der Waals surface area (Å²) >= 11 is 0. The summed E-state index contributed by atoms with van der Waals surface area (Å²) in [6.07, 6.45) is 6.57. The number of nitrogens with zero attached hydrogens (tertiary/aromatic N) is 3. The number of ether oxygens (including phenoxy) is 1. The van der Waals surface area contributed by atoms with Crippen LogP contribution in [-0.4, -0.2) is 43.0 Å². The van der Waals surface area contributed by atoms with Crippen molar-refractivity contribution in [1.82, 2.24) is 10.3 Å². The van der Waals surface area contributed by atoms with Gasteiger partial charge in [0.2, 0.25) is 11.8 Å². The van der Waals surface area contributed by atoms with Gasteiger partial charge in [0, 0.05) is 55.4 Å². The second kappa shape index (κ2) is 12.2. The number of benzene rings is 2. The molecule has 1 saturated heterocycles. The molecule has 0 radical (unpaired) electrons. The fourth-order valence-electron chi connectivity index (χ4n) is 4.80. The maximum absolute atomic E-state index is 15.2. The largest absolute Gasteiger partial charge is 0.452 e. The maximum Gasteiger partial charge on any atom is 0.244 e. The fourth-order valence-corrected chi connectivity index (χ4v) is 4.80. The smallest absolute Gasteiger partial charge is 0.244 e. The molecule has 2 aliphatic rings. The number of pyridine rings is 1. The zero-order valence-corrected chi connectivity index (χ0v) is 22.4. The van der Waals surface area contributed by atoms with Gasteiger partial charge in [-0.15, -0.1) is 0 Å². The number of amides is 2. The number of hydrogen-bond acceptors (Lipinski definition) is 7. The quantitative estimate of drug-likeness (QED) is 0.368. The van der Waals surface area contributed by atoms with Crippen LogP contribution in [0.5, 0.6) is 11.5 Å². The van der Waals surface area contributed by atoms with Gasteiger partial charge in [-0.05, 0) is 62.0 Å². The van der Waals surface area contributed by atoms with E-state index >= 15 is 4.39 Å². The van der Waals surface area contributed by atoms with Crippen LogP contribution >= 0.6 is 0 Å². The van der Waals surface area contributed by atoms with Crippen LogP contribution in [0.4, 0.5) is 25.8 Å². The summed E-state index contributed by atoms with van der Waals surface area (Å²) in [6, 6.07) is 11.3. The molecule has 3 aromatic rings. The predicted octanol–water partition coefficient (Wildman–Crippen LogP) is 4.39. The van der Waals surface area contributed by atoms with Crippen molar-refractivity contribution in [2.45, 2.75) is 13.3 Å². The molecular weight excluding hydrogens is 530 g/mol. The zero-order valence-electron chi connectivity index (χ0n) is 22.4. The Bertz CT molecular complexity index is 1500. The van der Waals surface area contributed by atoms with Crippen molar-refractivity contribution in [2.75, 3.05) is 41.3 Å². The number of rotatable bonds is 7. The Morgan fingerprint density at radius 3 is 2.56 bits per heavy atom. The highest BCUT2D eigenvalue weighted by Crippen LogP contribution is 2.33. The molecule has 4 N–H and O–H groups in total. The normalized spacial score (nSPS) is 17.5. The number of nitrogens with one attached hydrogen (secondary N) is 2. The fraction of sp³-hybridized carbons (Fsp3) is 0.233. The number of nitrogens with two attached hydrogens (primary N) is 1. The van der Waals surface area contributed by atoms with Crippen molar-refractivity contribution in [3.05, 3.63) is 90.0 Å². The highest BCUT2D eigenvalue weighted by Gasteiger charge is 2.35. The standard InChI is InChI=1S/C30H30F2N6O3/c1-19-2-8-24(30(40)38(19)22-6-3-20(31)4-7-22)29(39)36-21-5-9-27(25(32)16-21)41-28-17-23(18-35-26(28)10-11-33)37-14-12-34-13-15-37/h2-7,9-11,16-18,24,34H,8,12-15,33H2,1H3,(H,36,39). The lowest BCUT2D eigenvalue weighted by molar-refractivity contribution is -0.130. The zero-order chi connectivity index (χ0) is 28.9. The van der Waals surface area contributed by atoms with E-state index in [1.165, 1.54) is 47.5 Å². The maximum atomic E-state index is 15.2. The number of allylic oxidation sites excluding steroid dienone is 2. The van der Waals surface area contributed by atoms with Gasteiger partial charge in [-0.1, -0.05) is 6.08 Å². The first-order valence-corrected chi connectivity index (χ1v) is 13.2. The Labute approximate surface area is 236 Å². The van der Waals surface area contributed by atoms with E-state index in [2.05, 4.69) is 20.5 Å². The molecule has 0 spiro atoms. The first kappa shape index (κ1) is 27.8. The lowest BCUT2D eigenvalue weighted by Gasteiger charge is -2.31. The Hall–Kier alpha value is -4.77. The SMILES string of the molecule is CC1=CCC(C(=O)Nc2ccc(Oc3cc(N4CCNCC4)cnc3C=CN)c(F)c2)C(=O)N1c1ccc(F)cc1. The van der Waals surface area contributed by atoms with Gasteiger partial charge in [0.15, 0.2) is 17.3 Å². The summed E-state index contributed by atoms with van der Waals surface area (Å²) < 4.78 is 34.5. The average molecular weight is 561 g/mol. The molecule has 1 atom stereocenters. The molecule has 1 unspecified atom stereocenters. The third-order valence-corrected chi connectivity index (χ3v) is 6.94. The number of hydrogen-bond donors (Lipinski definition) is 3. The Morgan fingerprint density at radius 2 is 1.85 bits per heavy atom. The van der Waals surface area contributed by atoms with Crippen LogP contribution in [0.1, 0.15) is 19.0 Å². The minimum absolute atomic E-state index is 0.0660. The number of anilines is 3. The van der Waals surface area contributed by atoms with Crippen LogP contribution in [-0.2, 0) is 9.59 Å². The first-order valence-electron chi connectivity index (χ1n) is 13.2. The molecule has 2 aromatic carbocycles. The molecule has 11 heteroatoms. The van der Waals surface area contributed by atoms with Crippen molar-refractivity contribution < 1.29 is 23.1 Å². The average Bonchev–Trinajstić information content (AvgIpc) is 2.97. The van der Waals surface area contributed by atoms with Gasteiger partial charge >= 0.3 is 0 Å². The summed E-state index contributed by atoms with van der Waals surface area (Å²) in [5.41, 5.74) is 8.11. The third-order valence-electron chi connectivity index (χ3n) is 6.94. The predicted molar refractivity (Wildman–Crippen MR) is 153 cm³/mol. The lowest BCUT2D eigenvalue weighted by atomic mass is 9.97. The van der Waals surface area contributed by atoms with Crippen LogP contribution < -0.4 is 30.9 Å². The number of aromatic nitrogens is 1. The molecule has 41 heavy (non-hydrogen) atoms. The van der Waals surface area contributed by atoms with E-state index in [0.717, 1.165) is 37.9 Å². The molecular formula is C30H30F2N6O3. The summed E-state index contributed by atoms with van der Waals surface area (Å²) in [6.45, 7) is 5.03. The lowest BCUT2D eigenvalue weighted by Crippen LogP contribution is -2.43. The monoisotopic (exact) mass is 560 g/mol. The molecule has 0 aliphatic carbocycles. The van der Waals surface area contributed by atoms with Crippen molar-refractivity contribution in [3.8, 4) is 11.5 Å². The van der Waals surface area contributed by atoms with Crippen LogP contribution in [0.3, 0.4) is 0 Å². The molecule has 212 valence electrons. The van der Waals surface area contributed by atoms with Gasteiger partial charge in [-0.25, -0.2) is 8.78 Å². The summed E-state index contributed by atoms with van der Waals surface area (Å²) in [5.74, 6) is -2.95. The molecule has 3 heterocycles. The molecule has 5 rings (SSSR count). The topological polar surface area (TPSA) is 113 Å². The molecule has 2 aliphatic heterocycles. The van der Waals surface area contributed by atoms with E-state index in [4.69, 9.17) is 10.5 Å². The van der Waals surface area contributed by atoms with E-state index in [1.54, 1.807) is 31.3 Å². The van der Waals surface area contributed by atoms with E-state index in [0.29, 0.717) is 22.8 Å². The van der Waals surface area contributed by atoms with Crippen LogP contribution in [0.15, 0.2) is 72.7 Å². The number of carbonyl (C=O) groups excluding carboxylic acids is 2. The van der Waals surface area contributed by atoms with Crippen LogP contribution in [0.25, 0.3) is 6.08 Å². The van der Waals surface area contributed by atoms with E-state index in [-0.39, 0.29) is 17.9 Å². The Balaban J connectivity index is 1.31. The number of halogens is 2. The van der Waals surface area contributed by atoms with Crippen molar-refractivity contribution in [2.24, 2.45) is 11.7 Å². The summed E-state index contributed by atoms with van der Waals surface area (Å²) in [7, 11) is 0. The highest BCUT2D eigenvalue weighted by atomic mass is 19.1. The molecule has 1 fully saturated rings. The van der Waals surface area contributed by atoms with Crippen molar-refractivity contribution in [1.29, 1.82) is 0 Å².